The van der Waals surface area contributed by atoms with Gasteiger partial charge >= 0.3 is 5.97 Å². The molecule has 2 aromatic rings. The van der Waals surface area contributed by atoms with Crippen molar-refractivity contribution in [2.45, 2.75) is 18.1 Å². The fourth-order valence-electron chi connectivity index (χ4n) is 2.22. The normalized spacial score (nSPS) is 15.2. The van der Waals surface area contributed by atoms with Crippen LogP contribution in [-0.4, -0.2) is 34.0 Å². The first-order valence-corrected chi connectivity index (χ1v) is 7.28. The fraction of sp³-hybridized carbons (Fsp3) is 0.167. The molecule has 20 heavy (non-hydrogen) atoms. The van der Waals surface area contributed by atoms with Crippen molar-refractivity contribution in [1.82, 2.24) is 14.5 Å². The van der Waals surface area contributed by atoms with Gasteiger partial charge in [-0.05, 0) is 11.1 Å². The zero-order chi connectivity index (χ0) is 14.3. The Labute approximate surface area is 114 Å². The number of hydrogen-bond acceptors (Lipinski definition) is 4. The lowest BCUT2D eigenvalue weighted by atomic mass is 10.1. The van der Waals surface area contributed by atoms with Crippen LogP contribution >= 0.6 is 0 Å². The Hall–Kier alpha value is -2.19. The van der Waals surface area contributed by atoms with Crippen LogP contribution in [0.1, 0.15) is 21.5 Å². The minimum absolute atomic E-state index is 0.233. The highest BCUT2D eigenvalue weighted by molar-refractivity contribution is 7.89. The summed E-state index contributed by atoms with van der Waals surface area (Å²) >= 11 is 0. The number of aromatic amines is 1. The summed E-state index contributed by atoms with van der Waals surface area (Å²) in [6, 6.07) is 7.40. The van der Waals surface area contributed by atoms with Crippen molar-refractivity contribution in [3.8, 4) is 0 Å². The number of H-pyrrole nitrogens is 1. The van der Waals surface area contributed by atoms with Gasteiger partial charge < -0.3 is 5.11 Å². The molecular weight excluding hydrogens is 282 g/mol. The molecule has 1 aliphatic heterocycles. The molecule has 0 spiro atoms. The summed E-state index contributed by atoms with van der Waals surface area (Å²) in [6.07, 6.45) is 0.998. The Bertz CT molecular complexity index is 757. The molecule has 0 atom stereocenters. The Balaban J connectivity index is 1.99. The third-order valence-corrected chi connectivity index (χ3v) is 5.01. The molecular formula is C12H11N3O4S. The van der Waals surface area contributed by atoms with Crippen molar-refractivity contribution in [1.29, 1.82) is 0 Å². The van der Waals surface area contributed by atoms with Crippen molar-refractivity contribution in [3.63, 3.8) is 0 Å². The van der Waals surface area contributed by atoms with Crippen LogP contribution in [0.4, 0.5) is 0 Å². The molecule has 0 fully saturated rings. The molecule has 0 bridgehead atoms. The van der Waals surface area contributed by atoms with E-state index in [2.05, 4.69) is 10.2 Å². The predicted molar refractivity (Wildman–Crippen MR) is 68.4 cm³/mol. The van der Waals surface area contributed by atoms with E-state index in [9.17, 15) is 13.2 Å². The molecule has 1 aromatic carbocycles. The minimum Gasteiger partial charge on any atom is -0.478 e. The number of aromatic carboxylic acids is 1. The lowest BCUT2D eigenvalue weighted by Crippen LogP contribution is -2.27. The average Bonchev–Trinajstić information content (AvgIpc) is 3.05. The maximum absolute atomic E-state index is 12.5. The van der Waals surface area contributed by atoms with E-state index < -0.39 is 16.0 Å². The smallest absolute Gasteiger partial charge is 0.340 e. The lowest BCUT2D eigenvalue weighted by molar-refractivity contribution is 0.0692. The monoisotopic (exact) mass is 293 g/mol. The standard InChI is InChI=1S/C12H11N3O4S/c16-12(17)10-5-13-14-11(10)20(18,19)15-6-8-3-1-2-4-9(8)7-15/h1-5H,6-7H2,(H,13,14)(H,16,17). The number of carboxylic acid groups (broad SMARTS) is 1. The van der Waals surface area contributed by atoms with E-state index in [1.54, 1.807) is 0 Å². The van der Waals surface area contributed by atoms with Crippen molar-refractivity contribution >= 4 is 16.0 Å². The van der Waals surface area contributed by atoms with Gasteiger partial charge in [0.2, 0.25) is 0 Å². The SMILES string of the molecule is O=C(O)c1cn[nH]c1S(=O)(=O)N1Cc2ccccc2C1. The quantitative estimate of drug-likeness (QED) is 0.871. The summed E-state index contributed by atoms with van der Waals surface area (Å²) in [7, 11) is -3.90. The van der Waals surface area contributed by atoms with Gasteiger partial charge in [-0.15, -0.1) is 0 Å². The Morgan fingerprint density at radius 3 is 2.40 bits per heavy atom. The molecule has 1 aliphatic rings. The third kappa shape index (κ3) is 1.89. The highest BCUT2D eigenvalue weighted by Crippen LogP contribution is 2.28. The van der Waals surface area contributed by atoms with Crippen LogP contribution in [0.25, 0.3) is 0 Å². The van der Waals surface area contributed by atoms with E-state index in [0.717, 1.165) is 17.3 Å². The van der Waals surface area contributed by atoms with Gasteiger partial charge in [0.25, 0.3) is 10.0 Å². The summed E-state index contributed by atoms with van der Waals surface area (Å²) in [5, 5.41) is 14.4. The molecule has 0 unspecified atom stereocenters. The van der Waals surface area contributed by atoms with Crippen LogP contribution in [0, 0.1) is 0 Å². The van der Waals surface area contributed by atoms with Crippen molar-refractivity contribution in [3.05, 3.63) is 47.2 Å². The maximum atomic E-state index is 12.5. The van der Waals surface area contributed by atoms with Crippen LogP contribution in [0.3, 0.4) is 0 Å². The molecule has 0 saturated heterocycles. The van der Waals surface area contributed by atoms with E-state index in [0.29, 0.717) is 0 Å². The van der Waals surface area contributed by atoms with Gasteiger partial charge in [-0.3, -0.25) is 5.10 Å². The predicted octanol–water partition coefficient (Wildman–Crippen LogP) is 0.812. The number of aromatic nitrogens is 2. The van der Waals surface area contributed by atoms with Gasteiger partial charge in [0.15, 0.2) is 5.03 Å². The van der Waals surface area contributed by atoms with Crippen LogP contribution in [0.5, 0.6) is 0 Å². The minimum atomic E-state index is -3.90. The number of carbonyl (C=O) groups is 1. The van der Waals surface area contributed by atoms with Crippen LogP contribution in [-0.2, 0) is 23.1 Å². The molecule has 7 nitrogen and oxygen atoms in total. The molecule has 2 heterocycles. The molecule has 0 radical (unpaired) electrons. The lowest BCUT2D eigenvalue weighted by Gasteiger charge is -2.14. The van der Waals surface area contributed by atoms with Crippen molar-refractivity contribution < 1.29 is 18.3 Å². The zero-order valence-electron chi connectivity index (χ0n) is 10.3. The molecule has 8 heteroatoms. The highest BCUT2D eigenvalue weighted by Gasteiger charge is 2.34. The number of nitrogens with zero attached hydrogens (tertiary/aromatic N) is 2. The summed E-state index contributed by atoms with van der Waals surface area (Å²) < 4.78 is 26.2. The summed E-state index contributed by atoms with van der Waals surface area (Å²) in [5.41, 5.74) is 1.50. The van der Waals surface area contributed by atoms with Crippen molar-refractivity contribution in [2.75, 3.05) is 0 Å². The van der Waals surface area contributed by atoms with Gasteiger partial charge in [-0.25, -0.2) is 13.2 Å². The second-order valence-corrected chi connectivity index (χ2v) is 6.33. The topological polar surface area (TPSA) is 103 Å². The van der Waals surface area contributed by atoms with Crippen LogP contribution < -0.4 is 0 Å². The molecule has 1 aromatic heterocycles. The summed E-state index contributed by atoms with van der Waals surface area (Å²) in [4.78, 5) is 11.0. The number of rotatable bonds is 3. The fourth-order valence-corrected chi connectivity index (χ4v) is 3.69. The van der Waals surface area contributed by atoms with Gasteiger partial charge in [0.1, 0.15) is 5.56 Å². The summed E-state index contributed by atoms with van der Waals surface area (Å²) in [5.74, 6) is -1.32. The number of carboxylic acids is 1. The average molecular weight is 293 g/mol. The number of nitrogens with one attached hydrogen (secondary N) is 1. The molecule has 3 rings (SSSR count). The third-order valence-electron chi connectivity index (χ3n) is 3.24. The zero-order valence-corrected chi connectivity index (χ0v) is 11.1. The van der Waals surface area contributed by atoms with E-state index in [-0.39, 0.29) is 23.7 Å². The molecule has 0 saturated carbocycles. The van der Waals surface area contributed by atoms with Gasteiger partial charge in [-0.1, -0.05) is 24.3 Å². The first-order valence-electron chi connectivity index (χ1n) is 5.84. The summed E-state index contributed by atoms with van der Waals surface area (Å²) in [6.45, 7) is 0.465. The molecule has 2 N–H and O–H groups in total. The maximum Gasteiger partial charge on any atom is 0.340 e. The number of benzene rings is 1. The first-order chi connectivity index (χ1) is 9.50. The molecule has 0 aliphatic carbocycles. The van der Waals surface area contributed by atoms with E-state index >= 15 is 0 Å². The van der Waals surface area contributed by atoms with Gasteiger partial charge in [-0.2, -0.15) is 9.40 Å². The largest absolute Gasteiger partial charge is 0.478 e. The highest BCUT2D eigenvalue weighted by atomic mass is 32.2. The van der Waals surface area contributed by atoms with Gasteiger partial charge in [0.05, 0.1) is 6.20 Å². The molecule has 104 valence electrons. The number of sulfonamides is 1. The second-order valence-electron chi connectivity index (χ2n) is 4.46. The van der Waals surface area contributed by atoms with E-state index in [1.807, 2.05) is 24.3 Å². The van der Waals surface area contributed by atoms with Crippen LogP contribution in [0.2, 0.25) is 0 Å². The Kier molecular flexibility index (Phi) is 2.84. The first kappa shape index (κ1) is 12.8. The Morgan fingerprint density at radius 2 is 1.85 bits per heavy atom. The molecule has 0 amide bonds. The number of hydrogen-bond donors (Lipinski definition) is 2. The van der Waals surface area contributed by atoms with Crippen LogP contribution in [0.15, 0.2) is 35.5 Å². The van der Waals surface area contributed by atoms with E-state index in [4.69, 9.17) is 5.11 Å². The van der Waals surface area contributed by atoms with Gasteiger partial charge in [0, 0.05) is 13.1 Å². The van der Waals surface area contributed by atoms with Crippen molar-refractivity contribution in [2.24, 2.45) is 0 Å². The van der Waals surface area contributed by atoms with E-state index in [1.165, 1.54) is 4.31 Å². The Morgan fingerprint density at radius 1 is 1.25 bits per heavy atom. The second kappa shape index (κ2) is 4.43. The number of fused-ring (bicyclic) bond motifs is 1.